The number of hydrogen-bond acceptors (Lipinski definition) is 19. The summed E-state index contributed by atoms with van der Waals surface area (Å²) < 4.78 is 79.6. The fraction of sp³-hybridized carbons (Fsp3) is 0.298. The number of carbonyl (C=O) groups is 2. The molecule has 2 saturated heterocycles. The average molecular weight is 1140 g/mol. The fourth-order valence-electron chi connectivity index (χ4n) is 8.58. The van der Waals surface area contributed by atoms with Crippen LogP contribution in [-0.4, -0.2) is 104 Å². The molecule has 0 unspecified atom stereocenters. The summed E-state index contributed by atoms with van der Waals surface area (Å²) in [5.74, 6) is -0.715. The van der Waals surface area contributed by atoms with Gasteiger partial charge in [0.1, 0.15) is 8.42 Å². The van der Waals surface area contributed by atoms with E-state index in [0.717, 1.165) is 39.5 Å². The molecule has 0 spiro atoms. The third kappa shape index (κ3) is 13.4. The number of hydrogen-bond donors (Lipinski definition) is 4. The van der Waals surface area contributed by atoms with Crippen molar-refractivity contribution in [3.05, 3.63) is 172 Å². The van der Waals surface area contributed by atoms with Crippen molar-refractivity contribution < 1.29 is 49.6 Å². The number of fused-ring (bicyclic) bond motifs is 1. The molecule has 4 N–H and O–H groups in total. The Kier molecular flexibility index (Phi) is 16.9. The van der Waals surface area contributed by atoms with E-state index in [0.29, 0.717) is 48.5 Å². The van der Waals surface area contributed by atoms with E-state index < -0.39 is 56.5 Å². The molecule has 2 amide bonds. The number of carbonyl (C=O) groups excluding carboxylic acids is 2. The van der Waals surface area contributed by atoms with Gasteiger partial charge in [-0.1, -0.05) is 18.2 Å². The number of piperidine rings is 2. The van der Waals surface area contributed by atoms with E-state index in [1.54, 1.807) is 12.1 Å². The van der Waals surface area contributed by atoms with Gasteiger partial charge >= 0.3 is 5.69 Å². The van der Waals surface area contributed by atoms with Crippen molar-refractivity contribution in [3.63, 3.8) is 0 Å². The Hall–Kier alpha value is -7.28. The number of rotatable bonds is 17. The second-order valence-electron chi connectivity index (χ2n) is 17.7. The SMILES string of the molecule is O=C(NCc1ccc(S(=O)(=O)N2CCC(Nc3ccc4c(c3)CS(=O)(=O)C4)CC2)s1)c1cccc([N+](=O)[O-])c1.O=C(NCc1ccc(S(=O)(=O)N2CCC(Nc3ncccc3[N+](=O)[O-])CC2)s1)c1cccc([N+](=O)[O-])c1. The number of sulfonamides is 2. The predicted molar refractivity (Wildman–Crippen MR) is 282 cm³/mol. The van der Waals surface area contributed by atoms with Gasteiger partial charge in [0, 0.05) is 101 Å². The lowest BCUT2D eigenvalue weighted by Gasteiger charge is -2.31. The van der Waals surface area contributed by atoms with Gasteiger partial charge < -0.3 is 21.3 Å². The van der Waals surface area contributed by atoms with Crippen LogP contribution in [0, 0.1) is 30.3 Å². The van der Waals surface area contributed by atoms with Gasteiger partial charge in [0.2, 0.25) is 5.82 Å². The first-order valence-corrected chi connectivity index (χ1v) is 29.7. The molecule has 29 heteroatoms. The van der Waals surface area contributed by atoms with Gasteiger partial charge in [-0.15, -0.1) is 22.7 Å². The quantitative estimate of drug-likeness (QED) is 0.0564. The van der Waals surface area contributed by atoms with E-state index in [1.807, 2.05) is 18.2 Å². The van der Waals surface area contributed by atoms with Crippen LogP contribution in [0.2, 0.25) is 0 Å². The molecule has 400 valence electrons. The van der Waals surface area contributed by atoms with Crippen LogP contribution in [0.4, 0.5) is 28.6 Å². The van der Waals surface area contributed by atoms with Crippen LogP contribution in [0.25, 0.3) is 0 Å². The molecule has 0 bridgehead atoms. The minimum Gasteiger partial charge on any atom is -0.382 e. The normalized spacial score (nSPS) is 16.1. The molecule has 6 aromatic rings. The lowest BCUT2D eigenvalue weighted by Crippen LogP contribution is -2.42. The molecule has 3 aromatic carbocycles. The monoisotopic (exact) mass is 1140 g/mol. The largest absolute Gasteiger partial charge is 0.382 e. The molecule has 3 aliphatic rings. The smallest absolute Gasteiger partial charge is 0.311 e. The Bertz CT molecular complexity index is 3540. The molecule has 0 saturated carbocycles. The van der Waals surface area contributed by atoms with Gasteiger partial charge in [0.25, 0.3) is 43.2 Å². The number of amides is 2. The topological polar surface area (TPSA) is 333 Å². The fourth-order valence-corrected chi connectivity index (χ4v) is 16.0. The van der Waals surface area contributed by atoms with Crippen molar-refractivity contribution in [1.82, 2.24) is 24.2 Å². The van der Waals surface area contributed by atoms with Gasteiger partial charge in [0.15, 0.2) is 9.84 Å². The summed E-state index contributed by atoms with van der Waals surface area (Å²) in [7, 11) is -10.5. The molecule has 9 rings (SSSR count). The first-order chi connectivity index (χ1) is 36.1. The van der Waals surface area contributed by atoms with Crippen LogP contribution >= 0.6 is 22.7 Å². The summed E-state index contributed by atoms with van der Waals surface area (Å²) in [6, 6.07) is 25.3. The Morgan fingerprint density at radius 2 is 1.09 bits per heavy atom. The lowest BCUT2D eigenvalue weighted by atomic mass is 10.0. The first kappa shape index (κ1) is 55.0. The van der Waals surface area contributed by atoms with Crippen LogP contribution in [0.15, 0.2) is 118 Å². The molecule has 6 heterocycles. The lowest BCUT2D eigenvalue weighted by molar-refractivity contribution is -0.385. The van der Waals surface area contributed by atoms with Crippen molar-refractivity contribution in [2.24, 2.45) is 0 Å². The van der Waals surface area contributed by atoms with Crippen molar-refractivity contribution in [1.29, 1.82) is 0 Å². The van der Waals surface area contributed by atoms with Gasteiger partial charge in [0.05, 0.1) is 39.4 Å². The Morgan fingerprint density at radius 1 is 0.605 bits per heavy atom. The molecule has 24 nitrogen and oxygen atoms in total. The van der Waals surface area contributed by atoms with Gasteiger partial charge in [-0.2, -0.15) is 8.61 Å². The van der Waals surface area contributed by atoms with Crippen LogP contribution in [-0.2, 0) is 54.5 Å². The molecule has 0 radical (unpaired) electrons. The van der Waals surface area contributed by atoms with Crippen molar-refractivity contribution in [3.8, 4) is 0 Å². The standard InChI is InChI=1S/C25H26N4O7S3.C22H22N6O7S2/c30-25(17-2-1-3-22(13-17)29(31)32)26-14-23-6-7-24(37-23)39(35,36)28-10-8-20(9-11-28)27-21-5-4-18-15-38(33,34)16-19(18)12-21;29-22(15-3-1-4-17(13-15)27(30)31)24-14-18-6-7-20(36-18)37(34,35)26-11-8-16(9-12-26)25-21-19(28(32)33)5-2-10-23-21/h1-7,12-13,20,27H,8-11,14-16H2,(H,26,30);1-7,10,13,16H,8-9,11-12,14H2,(H,23,25)(H,24,29). The zero-order chi connectivity index (χ0) is 54.4. The minimum atomic E-state index is -3.75. The molecule has 0 aliphatic carbocycles. The third-order valence-corrected chi connectivity index (χ3v) is 20.9. The van der Waals surface area contributed by atoms with Crippen LogP contribution < -0.4 is 21.3 Å². The van der Waals surface area contributed by atoms with Crippen molar-refractivity contribution in [2.75, 3.05) is 36.8 Å². The molecular formula is C47H48N10O14S5. The highest BCUT2D eigenvalue weighted by atomic mass is 32.3. The second kappa shape index (κ2) is 23.3. The van der Waals surface area contributed by atoms with Crippen LogP contribution in [0.3, 0.4) is 0 Å². The number of pyridine rings is 1. The average Bonchev–Trinajstić information content (AvgIpc) is 4.18. The van der Waals surface area contributed by atoms with E-state index in [4.69, 9.17) is 0 Å². The van der Waals surface area contributed by atoms with Gasteiger partial charge in [-0.05, 0) is 91.4 Å². The maximum atomic E-state index is 13.2. The molecular weight excluding hydrogens is 1090 g/mol. The number of anilines is 2. The van der Waals surface area contributed by atoms with Crippen LogP contribution in [0.1, 0.15) is 67.3 Å². The number of sulfone groups is 1. The maximum absolute atomic E-state index is 13.2. The highest BCUT2D eigenvalue weighted by Crippen LogP contribution is 2.32. The highest BCUT2D eigenvalue weighted by Gasteiger charge is 2.33. The van der Waals surface area contributed by atoms with E-state index in [1.165, 1.54) is 87.6 Å². The summed E-state index contributed by atoms with van der Waals surface area (Å²) in [6.07, 6.45) is 3.56. The molecule has 76 heavy (non-hydrogen) atoms. The molecule has 0 atom stereocenters. The number of thiophene rings is 2. The highest BCUT2D eigenvalue weighted by molar-refractivity contribution is 7.91. The number of nitro benzene ring substituents is 2. The Balaban J connectivity index is 0.000000202. The minimum absolute atomic E-state index is 0.0514. The van der Waals surface area contributed by atoms with E-state index in [2.05, 4.69) is 26.3 Å². The number of nitrogens with one attached hydrogen (secondary N) is 4. The number of benzene rings is 3. The summed E-state index contributed by atoms with van der Waals surface area (Å²) >= 11 is 2.11. The van der Waals surface area contributed by atoms with E-state index >= 15 is 0 Å². The molecule has 3 aromatic heterocycles. The summed E-state index contributed by atoms with van der Waals surface area (Å²) in [4.78, 5) is 61.4. The molecule has 2 fully saturated rings. The van der Waals surface area contributed by atoms with Crippen molar-refractivity contribution in [2.45, 2.75) is 70.8 Å². The van der Waals surface area contributed by atoms with Gasteiger partial charge in [-0.3, -0.25) is 39.9 Å². The third-order valence-electron chi connectivity index (χ3n) is 12.5. The predicted octanol–water partition coefficient (Wildman–Crippen LogP) is 6.43. The zero-order valence-electron chi connectivity index (χ0n) is 40.0. The van der Waals surface area contributed by atoms with E-state index in [-0.39, 0.29) is 92.2 Å². The van der Waals surface area contributed by atoms with Crippen molar-refractivity contribution >= 4 is 92.9 Å². The Labute approximate surface area is 443 Å². The summed E-state index contributed by atoms with van der Waals surface area (Å²) in [5, 5.41) is 44.8. The molecule has 3 aliphatic heterocycles. The Morgan fingerprint density at radius 3 is 1.58 bits per heavy atom. The van der Waals surface area contributed by atoms with Crippen LogP contribution in [0.5, 0.6) is 0 Å². The zero-order valence-corrected chi connectivity index (χ0v) is 44.1. The first-order valence-electron chi connectivity index (χ1n) is 23.3. The number of aromatic nitrogens is 1. The number of nitrogens with zero attached hydrogens (tertiary/aromatic N) is 6. The van der Waals surface area contributed by atoms with E-state index in [9.17, 15) is 65.2 Å². The summed E-state index contributed by atoms with van der Waals surface area (Å²) in [6.45, 7) is 1.31. The summed E-state index contributed by atoms with van der Waals surface area (Å²) in [5.41, 5.74) is 2.24. The maximum Gasteiger partial charge on any atom is 0.311 e. The van der Waals surface area contributed by atoms with Gasteiger partial charge in [-0.25, -0.2) is 30.2 Å². The number of non-ortho nitro benzene ring substituents is 2. The second-order valence-corrected chi connectivity index (χ2v) is 26.4. The number of nitro groups is 3.